The van der Waals surface area contributed by atoms with E-state index in [9.17, 15) is 14.4 Å². The Labute approximate surface area is 191 Å². The number of carbonyl (C=O) groups is 3. The second-order valence-electron chi connectivity index (χ2n) is 6.23. The molecule has 9 heteroatoms. The average Bonchev–Trinajstić information content (AvgIpc) is 3.01. The highest BCUT2D eigenvalue weighted by Crippen LogP contribution is 2.34. The molecule has 2 aromatic carbocycles. The second kappa shape index (κ2) is 10.2. The second-order valence-corrected chi connectivity index (χ2v) is 8.13. The lowest BCUT2D eigenvalue weighted by atomic mass is 10.2. The smallest absolute Gasteiger partial charge is 0.294 e. The Balaban J connectivity index is 1.70. The first-order valence-corrected chi connectivity index (χ1v) is 10.6. The largest absolute Gasteiger partial charge is 0.493 e. The SMILES string of the molecule is C#CCOc1ccc(/C=C2\SC(=O)N(CC(=O)Nc3ccc(Br)cc3)C2=O)cc1OC. The van der Waals surface area contributed by atoms with Crippen molar-refractivity contribution in [3.05, 3.63) is 57.4 Å². The summed E-state index contributed by atoms with van der Waals surface area (Å²) in [5, 5.41) is 2.15. The maximum absolute atomic E-state index is 12.7. The number of rotatable bonds is 7. The van der Waals surface area contributed by atoms with Crippen LogP contribution >= 0.6 is 27.7 Å². The van der Waals surface area contributed by atoms with Crippen molar-refractivity contribution in [2.24, 2.45) is 0 Å². The molecule has 2 aromatic rings. The van der Waals surface area contributed by atoms with Gasteiger partial charge in [-0.2, -0.15) is 0 Å². The van der Waals surface area contributed by atoms with Crippen LogP contribution in [-0.2, 0) is 9.59 Å². The van der Waals surface area contributed by atoms with Crippen molar-refractivity contribution in [3.8, 4) is 23.8 Å². The molecule has 0 radical (unpaired) electrons. The van der Waals surface area contributed by atoms with Gasteiger partial charge in [0.25, 0.3) is 11.1 Å². The molecule has 1 heterocycles. The summed E-state index contributed by atoms with van der Waals surface area (Å²) in [5.74, 6) is 2.28. The van der Waals surface area contributed by atoms with Crippen LogP contribution in [0.15, 0.2) is 51.8 Å². The van der Waals surface area contributed by atoms with Crippen molar-refractivity contribution in [1.82, 2.24) is 4.90 Å². The van der Waals surface area contributed by atoms with Crippen LogP contribution in [0.5, 0.6) is 11.5 Å². The van der Waals surface area contributed by atoms with Gasteiger partial charge in [-0.3, -0.25) is 19.3 Å². The molecule has 0 spiro atoms. The standard InChI is InChI=1S/C22H17BrN2O5S/c1-3-10-30-17-9-4-14(11-18(17)29-2)12-19-21(27)25(22(28)31-19)13-20(26)24-16-7-5-15(23)6-8-16/h1,4-9,11-12H,10,13H2,2H3,(H,24,26)/b19-12-. The number of hydrogen-bond acceptors (Lipinski definition) is 6. The fourth-order valence-electron chi connectivity index (χ4n) is 2.68. The summed E-state index contributed by atoms with van der Waals surface area (Å²) in [5.41, 5.74) is 1.20. The van der Waals surface area contributed by atoms with E-state index in [1.807, 2.05) is 0 Å². The summed E-state index contributed by atoms with van der Waals surface area (Å²) in [6, 6.07) is 12.0. The zero-order valence-corrected chi connectivity index (χ0v) is 18.8. The Morgan fingerprint density at radius 2 is 1.97 bits per heavy atom. The van der Waals surface area contributed by atoms with Gasteiger partial charge >= 0.3 is 0 Å². The quantitative estimate of drug-likeness (QED) is 0.454. The fraction of sp³-hybridized carbons (Fsp3) is 0.136. The average molecular weight is 501 g/mol. The number of benzene rings is 2. The Morgan fingerprint density at radius 3 is 2.65 bits per heavy atom. The molecule has 0 bridgehead atoms. The lowest BCUT2D eigenvalue weighted by Gasteiger charge is -2.12. The number of imide groups is 1. The number of anilines is 1. The minimum absolute atomic E-state index is 0.0942. The number of thioether (sulfide) groups is 1. The molecule has 0 saturated carbocycles. The van der Waals surface area contributed by atoms with Gasteiger partial charge in [-0.25, -0.2) is 0 Å². The molecule has 1 aliphatic rings. The minimum atomic E-state index is -0.535. The predicted octanol–water partition coefficient (Wildman–Crippen LogP) is 4.14. The molecule has 1 fully saturated rings. The summed E-state index contributed by atoms with van der Waals surface area (Å²) < 4.78 is 11.5. The third-order valence-corrected chi connectivity index (χ3v) is 5.54. The van der Waals surface area contributed by atoms with E-state index in [0.717, 1.165) is 21.1 Å². The van der Waals surface area contributed by atoms with E-state index in [1.165, 1.54) is 7.11 Å². The molecule has 158 valence electrons. The van der Waals surface area contributed by atoms with Crippen LogP contribution in [0.25, 0.3) is 6.08 Å². The number of carbonyl (C=O) groups excluding carboxylic acids is 3. The van der Waals surface area contributed by atoms with Gasteiger partial charge in [0, 0.05) is 10.2 Å². The van der Waals surface area contributed by atoms with Crippen LogP contribution in [0.3, 0.4) is 0 Å². The summed E-state index contributed by atoms with van der Waals surface area (Å²) in [7, 11) is 1.49. The highest BCUT2D eigenvalue weighted by molar-refractivity contribution is 9.10. The van der Waals surface area contributed by atoms with E-state index < -0.39 is 17.1 Å². The van der Waals surface area contributed by atoms with Crippen molar-refractivity contribution in [3.63, 3.8) is 0 Å². The minimum Gasteiger partial charge on any atom is -0.493 e. The van der Waals surface area contributed by atoms with E-state index in [4.69, 9.17) is 15.9 Å². The maximum Gasteiger partial charge on any atom is 0.294 e. The third-order valence-electron chi connectivity index (χ3n) is 4.10. The Hall–Kier alpha value is -3.22. The van der Waals surface area contributed by atoms with Crippen molar-refractivity contribution in [2.45, 2.75) is 0 Å². The van der Waals surface area contributed by atoms with Crippen LogP contribution in [0.2, 0.25) is 0 Å². The predicted molar refractivity (Wildman–Crippen MR) is 123 cm³/mol. The van der Waals surface area contributed by atoms with Crippen LogP contribution in [0.1, 0.15) is 5.56 Å². The van der Waals surface area contributed by atoms with Gasteiger partial charge in [-0.05, 0) is 59.8 Å². The summed E-state index contributed by atoms with van der Waals surface area (Å²) >= 11 is 4.09. The first-order valence-electron chi connectivity index (χ1n) is 8.96. The highest BCUT2D eigenvalue weighted by atomic mass is 79.9. The topological polar surface area (TPSA) is 84.9 Å². The molecule has 31 heavy (non-hydrogen) atoms. The van der Waals surface area contributed by atoms with Crippen molar-refractivity contribution in [2.75, 3.05) is 25.6 Å². The highest BCUT2D eigenvalue weighted by Gasteiger charge is 2.36. The zero-order valence-electron chi connectivity index (χ0n) is 16.4. The number of nitrogens with zero attached hydrogens (tertiary/aromatic N) is 1. The Bertz CT molecular complexity index is 1090. The molecule has 0 atom stereocenters. The van der Waals surface area contributed by atoms with Gasteiger partial charge in [0.05, 0.1) is 12.0 Å². The number of nitrogens with one attached hydrogen (secondary N) is 1. The van der Waals surface area contributed by atoms with E-state index in [2.05, 4.69) is 27.2 Å². The summed E-state index contributed by atoms with van der Waals surface area (Å²) in [6.45, 7) is -0.281. The molecule has 1 N–H and O–H groups in total. The molecule has 1 aliphatic heterocycles. The van der Waals surface area contributed by atoms with Gasteiger partial charge in [-0.15, -0.1) is 6.42 Å². The molecule has 0 aliphatic carbocycles. The van der Waals surface area contributed by atoms with Crippen LogP contribution in [0, 0.1) is 12.3 Å². The number of amides is 3. The molecule has 0 unspecified atom stereocenters. The van der Waals surface area contributed by atoms with E-state index in [1.54, 1.807) is 48.5 Å². The molecular formula is C22H17BrN2O5S. The number of terminal acetylenes is 1. The maximum atomic E-state index is 12.7. The lowest BCUT2D eigenvalue weighted by molar-refractivity contribution is -0.127. The van der Waals surface area contributed by atoms with E-state index >= 15 is 0 Å². The summed E-state index contributed by atoms with van der Waals surface area (Å²) in [4.78, 5) is 38.4. The van der Waals surface area contributed by atoms with E-state index in [-0.39, 0.29) is 18.1 Å². The number of hydrogen-bond donors (Lipinski definition) is 1. The molecular weight excluding hydrogens is 484 g/mol. The van der Waals surface area contributed by atoms with Crippen LogP contribution in [0.4, 0.5) is 10.5 Å². The third kappa shape index (κ3) is 5.69. The first-order chi connectivity index (χ1) is 14.9. The van der Waals surface area contributed by atoms with Crippen molar-refractivity contribution >= 4 is 56.5 Å². The van der Waals surface area contributed by atoms with Gasteiger partial charge < -0.3 is 14.8 Å². The number of halogens is 1. The number of methoxy groups -OCH3 is 1. The van der Waals surface area contributed by atoms with Gasteiger partial charge in [-0.1, -0.05) is 27.9 Å². The van der Waals surface area contributed by atoms with Gasteiger partial charge in [0.2, 0.25) is 5.91 Å². The molecule has 3 rings (SSSR count). The molecule has 0 aromatic heterocycles. The monoisotopic (exact) mass is 500 g/mol. The van der Waals surface area contributed by atoms with Crippen LogP contribution in [-0.4, -0.2) is 42.2 Å². The lowest BCUT2D eigenvalue weighted by Crippen LogP contribution is -2.36. The van der Waals surface area contributed by atoms with Gasteiger partial charge in [0.15, 0.2) is 11.5 Å². The normalized spacial score (nSPS) is 14.5. The zero-order chi connectivity index (χ0) is 22.4. The van der Waals surface area contributed by atoms with E-state index in [0.29, 0.717) is 22.7 Å². The summed E-state index contributed by atoms with van der Waals surface area (Å²) in [6.07, 6.45) is 6.76. The molecule has 3 amide bonds. The van der Waals surface area contributed by atoms with Gasteiger partial charge in [0.1, 0.15) is 13.2 Å². The number of ether oxygens (including phenoxy) is 2. The fourth-order valence-corrected chi connectivity index (χ4v) is 3.78. The van der Waals surface area contributed by atoms with Crippen molar-refractivity contribution < 1.29 is 23.9 Å². The molecule has 1 saturated heterocycles. The van der Waals surface area contributed by atoms with Crippen LogP contribution < -0.4 is 14.8 Å². The first kappa shape index (κ1) is 22.5. The Kier molecular flexibility index (Phi) is 7.39. The van der Waals surface area contributed by atoms with Crippen molar-refractivity contribution in [1.29, 1.82) is 0 Å². The Morgan fingerprint density at radius 1 is 1.23 bits per heavy atom. The molecule has 7 nitrogen and oxygen atoms in total.